The smallest absolute Gasteiger partial charge is 0.325 e. The Morgan fingerprint density at radius 1 is 1.11 bits per heavy atom. The molecule has 11 heteroatoms. The van der Waals surface area contributed by atoms with Gasteiger partial charge < -0.3 is 9.88 Å². The van der Waals surface area contributed by atoms with Crippen molar-refractivity contribution < 1.29 is 13.6 Å². The van der Waals surface area contributed by atoms with Gasteiger partial charge in [0.15, 0.2) is 5.65 Å². The number of rotatable bonds is 3. The third-order valence-electron chi connectivity index (χ3n) is 5.65. The van der Waals surface area contributed by atoms with Crippen LogP contribution in [0.25, 0.3) is 16.9 Å². The van der Waals surface area contributed by atoms with E-state index >= 15 is 0 Å². The van der Waals surface area contributed by atoms with E-state index < -0.39 is 30.3 Å². The molecule has 9 nitrogen and oxygen atoms in total. The number of nitrogens with one attached hydrogen (secondary N) is 2. The van der Waals surface area contributed by atoms with Gasteiger partial charge in [-0.3, -0.25) is 14.6 Å². The summed E-state index contributed by atoms with van der Waals surface area (Å²) in [5.74, 6) is -2.52. The van der Waals surface area contributed by atoms with E-state index in [-0.39, 0.29) is 5.91 Å². The van der Waals surface area contributed by atoms with Crippen molar-refractivity contribution in [1.29, 1.82) is 0 Å². The molecule has 188 valence electrons. The predicted octanol–water partition coefficient (Wildman–Crippen LogP) is 3.45. The average Bonchev–Trinajstić information content (AvgIpc) is 3.60. The predicted molar refractivity (Wildman–Crippen MR) is 130 cm³/mol. The molecule has 1 aromatic carbocycles. The zero-order valence-corrected chi connectivity index (χ0v) is 19.9. The molecular formula is C25H26F2N6O3. The summed E-state index contributed by atoms with van der Waals surface area (Å²) in [6.45, 7) is 3.08. The number of aromatic nitrogens is 5. The van der Waals surface area contributed by atoms with Crippen LogP contribution in [0.4, 0.5) is 8.78 Å². The van der Waals surface area contributed by atoms with E-state index in [1.807, 2.05) is 19.9 Å². The number of H-pyrrole nitrogens is 2. The van der Waals surface area contributed by atoms with Crippen molar-refractivity contribution in [2.24, 2.45) is 0 Å². The molecule has 36 heavy (non-hydrogen) atoms. The zero-order chi connectivity index (χ0) is 25.9. The first-order valence-electron chi connectivity index (χ1n) is 11.7. The number of amides is 1. The molecule has 2 N–H and O–H groups in total. The van der Waals surface area contributed by atoms with Crippen LogP contribution in [0.1, 0.15) is 48.5 Å². The third kappa shape index (κ3) is 5.40. The molecule has 2 aliphatic rings. The van der Waals surface area contributed by atoms with Gasteiger partial charge in [0.25, 0.3) is 17.4 Å². The summed E-state index contributed by atoms with van der Waals surface area (Å²) in [7, 11) is 0. The van der Waals surface area contributed by atoms with Gasteiger partial charge in [0.05, 0.1) is 24.3 Å². The van der Waals surface area contributed by atoms with Crippen molar-refractivity contribution in [2.75, 3.05) is 13.1 Å². The second kappa shape index (κ2) is 10.2. The minimum atomic E-state index is -2.69. The number of likely N-dealkylation sites (tertiary alicyclic amines) is 1. The van der Waals surface area contributed by atoms with Crippen molar-refractivity contribution in [1.82, 2.24) is 29.5 Å². The highest BCUT2D eigenvalue weighted by atomic mass is 19.3. The first-order chi connectivity index (χ1) is 17.3. The van der Waals surface area contributed by atoms with Gasteiger partial charge >= 0.3 is 5.69 Å². The van der Waals surface area contributed by atoms with Crippen LogP contribution in [0.5, 0.6) is 0 Å². The molecule has 0 radical (unpaired) electrons. The van der Waals surface area contributed by atoms with Crippen LogP contribution in [0, 0.1) is 0 Å². The van der Waals surface area contributed by atoms with Gasteiger partial charge in [0.2, 0.25) is 0 Å². The number of alkyl halides is 2. The molecule has 0 spiro atoms. The van der Waals surface area contributed by atoms with Crippen LogP contribution in [0.2, 0.25) is 0 Å². The van der Waals surface area contributed by atoms with Crippen LogP contribution in [-0.2, 0) is 0 Å². The number of imidazole rings is 1. The van der Waals surface area contributed by atoms with Gasteiger partial charge in [-0.25, -0.2) is 23.1 Å². The Bertz CT molecular complexity index is 1470. The average molecular weight is 497 g/mol. The summed E-state index contributed by atoms with van der Waals surface area (Å²) in [6.07, 6.45) is 7.10. The topological polar surface area (TPSA) is 116 Å². The molecule has 4 aromatic rings. The first kappa shape index (κ1) is 25.0. The van der Waals surface area contributed by atoms with Gasteiger partial charge in [0, 0.05) is 29.7 Å². The largest absolute Gasteiger partial charge is 0.326 e. The Labute approximate surface area is 204 Å². The maximum absolute atomic E-state index is 12.5. The highest BCUT2D eigenvalue weighted by molar-refractivity contribution is 5.94. The van der Waals surface area contributed by atoms with E-state index in [2.05, 4.69) is 20.1 Å². The molecule has 1 amide bonds. The Morgan fingerprint density at radius 3 is 2.42 bits per heavy atom. The lowest BCUT2D eigenvalue weighted by molar-refractivity contribution is -0.113. The lowest BCUT2D eigenvalue weighted by atomic mass is 10.1. The van der Waals surface area contributed by atoms with E-state index in [0.29, 0.717) is 22.7 Å². The van der Waals surface area contributed by atoms with Gasteiger partial charge in [-0.15, -0.1) is 0 Å². The van der Waals surface area contributed by atoms with E-state index in [9.17, 15) is 23.2 Å². The van der Waals surface area contributed by atoms with E-state index in [0.717, 1.165) is 29.0 Å². The maximum atomic E-state index is 12.5. The Kier molecular flexibility index (Phi) is 7.09. The second-order valence-corrected chi connectivity index (χ2v) is 8.32. The van der Waals surface area contributed by atoms with Gasteiger partial charge in [-0.05, 0) is 37.0 Å². The third-order valence-corrected chi connectivity index (χ3v) is 5.65. The lowest BCUT2D eigenvalue weighted by Gasteiger charge is -2.38. The summed E-state index contributed by atoms with van der Waals surface area (Å²) in [4.78, 5) is 44.6. The summed E-state index contributed by atoms with van der Waals surface area (Å²) >= 11 is 0. The van der Waals surface area contributed by atoms with Crippen molar-refractivity contribution in [2.45, 2.75) is 38.5 Å². The fourth-order valence-corrected chi connectivity index (χ4v) is 3.79. The maximum Gasteiger partial charge on any atom is 0.325 e. The molecule has 1 aliphatic carbocycles. The van der Waals surface area contributed by atoms with Crippen molar-refractivity contribution >= 4 is 11.6 Å². The van der Waals surface area contributed by atoms with E-state index in [4.69, 9.17) is 0 Å². The number of aromatic amines is 2. The van der Waals surface area contributed by atoms with Gasteiger partial charge in [0.1, 0.15) is 0 Å². The highest BCUT2D eigenvalue weighted by Crippen LogP contribution is 2.42. The first-order valence-corrected chi connectivity index (χ1v) is 11.7. The summed E-state index contributed by atoms with van der Waals surface area (Å²) in [5, 5.41) is 4.38. The number of hydrogen-bond donors (Lipinski definition) is 2. The normalized spacial score (nSPS) is 15.7. The Balaban J connectivity index is 0.000000168. The SMILES string of the molecule is CC.O=C(c1ccccc1)N1CC(F)(F)C1.O=c1[nH]cc(-c2cc(C3CC3)c3nccn3n2)c(=O)[nH]1. The van der Waals surface area contributed by atoms with Gasteiger partial charge in [-0.2, -0.15) is 5.10 Å². The van der Waals surface area contributed by atoms with E-state index in [1.165, 1.54) is 6.20 Å². The molecule has 6 rings (SSSR count). The molecule has 4 heterocycles. The molecule has 2 fully saturated rings. The molecular weight excluding hydrogens is 470 g/mol. The van der Waals surface area contributed by atoms with Crippen LogP contribution >= 0.6 is 0 Å². The number of carbonyl (C=O) groups is 1. The summed E-state index contributed by atoms with van der Waals surface area (Å²) in [5.41, 5.74) is 2.31. The summed E-state index contributed by atoms with van der Waals surface area (Å²) in [6, 6.07) is 10.3. The molecule has 1 saturated carbocycles. The Hall–Kier alpha value is -4.15. The monoisotopic (exact) mass is 496 g/mol. The van der Waals surface area contributed by atoms with Crippen molar-refractivity contribution in [3.05, 3.63) is 87.0 Å². The molecule has 0 bridgehead atoms. The highest BCUT2D eigenvalue weighted by Gasteiger charge is 2.46. The molecule has 0 atom stereocenters. The molecule has 0 unspecified atom stereocenters. The number of carbonyl (C=O) groups excluding carboxylic acids is 1. The quantitative estimate of drug-likeness (QED) is 0.451. The van der Waals surface area contributed by atoms with E-state index in [1.54, 1.807) is 47.2 Å². The number of fused-ring (bicyclic) bond motifs is 1. The number of nitrogens with zero attached hydrogens (tertiary/aromatic N) is 4. The fourth-order valence-electron chi connectivity index (χ4n) is 3.79. The number of halogens is 2. The summed E-state index contributed by atoms with van der Waals surface area (Å²) < 4.78 is 26.6. The lowest BCUT2D eigenvalue weighted by Crippen LogP contribution is -2.58. The fraction of sp³-hybridized carbons (Fsp3) is 0.320. The number of benzene rings is 1. The molecule has 3 aromatic heterocycles. The van der Waals surface area contributed by atoms with Gasteiger partial charge in [-0.1, -0.05) is 32.0 Å². The minimum Gasteiger partial charge on any atom is -0.326 e. The Morgan fingerprint density at radius 2 is 1.81 bits per heavy atom. The van der Waals surface area contributed by atoms with Crippen LogP contribution in [0.3, 0.4) is 0 Å². The molecule has 1 saturated heterocycles. The van der Waals surface area contributed by atoms with Crippen LogP contribution in [0.15, 0.2) is 64.6 Å². The van der Waals surface area contributed by atoms with Crippen LogP contribution < -0.4 is 11.2 Å². The second-order valence-electron chi connectivity index (χ2n) is 8.32. The van der Waals surface area contributed by atoms with Crippen LogP contribution in [-0.4, -0.2) is 54.4 Å². The van der Waals surface area contributed by atoms with Crippen molar-refractivity contribution in [3.8, 4) is 11.3 Å². The minimum absolute atomic E-state index is 0.323. The zero-order valence-electron chi connectivity index (χ0n) is 19.9. The molecule has 1 aliphatic heterocycles. The van der Waals surface area contributed by atoms with Crippen molar-refractivity contribution in [3.63, 3.8) is 0 Å². The standard InChI is InChI=1S/C13H11N5O2.C10H9F2NO.C2H6/c19-12-9(6-15-13(20)16-12)10-5-8(7-1-2-7)11-14-3-4-18(11)17-10;11-10(12)6-13(7-10)9(14)8-4-2-1-3-5-8;1-2/h3-7H,1-2H2,(H2,15,16,19,20);1-5H,6-7H2;1-2H3. The number of hydrogen-bond acceptors (Lipinski definition) is 5.